The van der Waals surface area contributed by atoms with E-state index in [1.807, 2.05) is 6.26 Å². The van der Waals surface area contributed by atoms with Crippen molar-refractivity contribution in [3.8, 4) is 0 Å². The van der Waals surface area contributed by atoms with Crippen molar-refractivity contribution in [2.45, 2.75) is 36.6 Å². The predicted octanol–water partition coefficient (Wildman–Crippen LogP) is 1.14. The van der Waals surface area contributed by atoms with Crippen LogP contribution in [0.3, 0.4) is 0 Å². The van der Waals surface area contributed by atoms with Gasteiger partial charge in [-0.1, -0.05) is 0 Å². The van der Waals surface area contributed by atoms with Crippen LogP contribution in [0.5, 0.6) is 0 Å². The minimum absolute atomic E-state index is 0.0538. The van der Waals surface area contributed by atoms with Gasteiger partial charge in [0, 0.05) is 0 Å². The standard InChI is InChI=1S/C11H19NO3SSe/c1-11(2,3)10-12(6-13)8(9(14)15)7(17-10)5-16-4/h6-8,10H,5H2,1-4H3,(H,14,15). The number of carbonyl (C=O) groups is 2. The zero-order valence-corrected chi connectivity index (χ0v) is 13.1. The number of carboxylic acid groups (broad SMARTS) is 1. The van der Waals surface area contributed by atoms with E-state index in [2.05, 4.69) is 20.8 Å². The summed E-state index contributed by atoms with van der Waals surface area (Å²) in [5, 5.41) is 9.30. The van der Waals surface area contributed by atoms with Crippen molar-refractivity contribution in [2.75, 3.05) is 12.0 Å². The third kappa shape index (κ3) is 3.18. The summed E-state index contributed by atoms with van der Waals surface area (Å²) in [4.78, 5) is 24.2. The molecule has 1 aliphatic rings. The second kappa shape index (κ2) is 5.63. The van der Waals surface area contributed by atoms with Gasteiger partial charge in [-0.05, 0) is 0 Å². The summed E-state index contributed by atoms with van der Waals surface area (Å²) in [6.07, 6.45) is 2.70. The van der Waals surface area contributed by atoms with E-state index in [9.17, 15) is 14.7 Å². The summed E-state index contributed by atoms with van der Waals surface area (Å²) in [5.74, 6) is -0.0572. The predicted molar refractivity (Wildman–Crippen MR) is 70.5 cm³/mol. The van der Waals surface area contributed by atoms with E-state index in [0.717, 1.165) is 12.2 Å². The molecule has 0 aromatic heterocycles. The molecule has 0 aliphatic carbocycles. The molecular weight excluding hydrogens is 305 g/mol. The first kappa shape index (κ1) is 14.9. The molecule has 0 aromatic rings. The van der Waals surface area contributed by atoms with Crippen LogP contribution >= 0.6 is 11.8 Å². The Morgan fingerprint density at radius 3 is 2.47 bits per heavy atom. The number of aliphatic carboxylic acids is 1. The normalized spacial score (nSPS) is 29.4. The molecule has 98 valence electrons. The molecular formula is C11H19NO3SSe. The number of amides is 1. The number of carboxylic acids is 1. The van der Waals surface area contributed by atoms with E-state index < -0.39 is 12.0 Å². The van der Waals surface area contributed by atoms with E-state index in [1.54, 1.807) is 11.8 Å². The Kier molecular flexibility index (Phi) is 4.93. The van der Waals surface area contributed by atoms with Crippen molar-refractivity contribution < 1.29 is 14.7 Å². The molecule has 1 heterocycles. The van der Waals surface area contributed by atoms with Crippen molar-refractivity contribution in [3.05, 3.63) is 0 Å². The Morgan fingerprint density at radius 2 is 2.12 bits per heavy atom. The summed E-state index contributed by atoms with van der Waals surface area (Å²) in [6.45, 7) is 6.20. The van der Waals surface area contributed by atoms with Crippen molar-refractivity contribution in [3.63, 3.8) is 0 Å². The van der Waals surface area contributed by atoms with Crippen LogP contribution in [0.15, 0.2) is 0 Å². The van der Waals surface area contributed by atoms with Crippen molar-refractivity contribution >= 4 is 39.1 Å². The fourth-order valence-corrected chi connectivity index (χ4v) is 7.02. The first-order valence-corrected chi connectivity index (χ1v) is 8.80. The molecule has 1 aliphatic heterocycles. The molecule has 1 saturated heterocycles. The summed E-state index contributed by atoms with van der Waals surface area (Å²) < 4.78 is 0. The van der Waals surface area contributed by atoms with Crippen molar-refractivity contribution in [1.29, 1.82) is 0 Å². The van der Waals surface area contributed by atoms with Gasteiger partial charge in [0.15, 0.2) is 0 Å². The molecule has 1 fully saturated rings. The topological polar surface area (TPSA) is 57.6 Å². The molecule has 17 heavy (non-hydrogen) atoms. The van der Waals surface area contributed by atoms with Crippen molar-refractivity contribution in [2.24, 2.45) is 5.41 Å². The number of hydrogen-bond acceptors (Lipinski definition) is 3. The number of nitrogens with zero attached hydrogens (tertiary/aromatic N) is 1. The second-order valence-corrected chi connectivity index (χ2v) is 8.87. The van der Waals surface area contributed by atoms with Gasteiger partial charge < -0.3 is 0 Å². The zero-order chi connectivity index (χ0) is 13.2. The number of hydrogen-bond donors (Lipinski definition) is 1. The number of thioether (sulfide) groups is 1. The van der Waals surface area contributed by atoms with E-state index in [0.29, 0.717) is 0 Å². The van der Waals surface area contributed by atoms with Crippen LogP contribution in [0.1, 0.15) is 20.8 Å². The third-order valence-electron chi connectivity index (χ3n) is 2.69. The molecule has 0 spiro atoms. The van der Waals surface area contributed by atoms with Gasteiger partial charge in [0.05, 0.1) is 0 Å². The monoisotopic (exact) mass is 325 g/mol. The van der Waals surface area contributed by atoms with Gasteiger partial charge in [0.2, 0.25) is 0 Å². The van der Waals surface area contributed by atoms with Crippen LogP contribution in [0.4, 0.5) is 0 Å². The van der Waals surface area contributed by atoms with E-state index in [4.69, 9.17) is 0 Å². The Hall–Kier alpha value is -0.191. The average Bonchev–Trinajstić information content (AvgIpc) is 2.56. The summed E-state index contributed by atoms with van der Waals surface area (Å²) in [5.41, 5.74) is -0.0538. The van der Waals surface area contributed by atoms with E-state index >= 15 is 0 Å². The molecule has 0 saturated carbocycles. The van der Waals surface area contributed by atoms with Crippen LogP contribution in [0.2, 0.25) is 4.82 Å². The van der Waals surface area contributed by atoms with Gasteiger partial charge in [0.25, 0.3) is 0 Å². The molecule has 0 aromatic carbocycles. The number of rotatable bonds is 4. The Labute approximate surface area is 113 Å². The van der Waals surface area contributed by atoms with Crippen LogP contribution < -0.4 is 0 Å². The average molecular weight is 324 g/mol. The molecule has 0 bridgehead atoms. The zero-order valence-electron chi connectivity index (χ0n) is 10.5. The maximum atomic E-state index is 11.3. The van der Waals surface area contributed by atoms with Gasteiger partial charge in [-0.25, -0.2) is 0 Å². The fourth-order valence-electron chi connectivity index (χ4n) is 2.00. The van der Waals surface area contributed by atoms with E-state index in [1.165, 1.54) is 4.90 Å². The fraction of sp³-hybridized carbons (Fsp3) is 0.818. The minimum atomic E-state index is -0.871. The molecule has 0 radical (unpaired) electrons. The maximum absolute atomic E-state index is 11.3. The summed E-state index contributed by atoms with van der Waals surface area (Å²) in [6, 6.07) is -0.635. The van der Waals surface area contributed by atoms with Gasteiger partial charge >= 0.3 is 113 Å². The van der Waals surface area contributed by atoms with Crippen LogP contribution in [-0.2, 0) is 9.59 Å². The quantitative estimate of drug-likeness (QED) is 0.622. The first-order chi connectivity index (χ1) is 7.82. The Morgan fingerprint density at radius 1 is 1.53 bits per heavy atom. The molecule has 1 N–H and O–H groups in total. The van der Waals surface area contributed by atoms with Crippen LogP contribution in [-0.4, -0.2) is 60.3 Å². The van der Waals surface area contributed by atoms with Crippen molar-refractivity contribution in [1.82, 2.24) is 4.90 Å². The summed E-state index contributed by atoms with van der Waals surface area (Å²) in [7, 11) is 0. The number of carbonyl (C=O) groups excluding carboxylic acids is 1. The third-order valence-corrected chi connectivity index (χ3v) is 8.02. The second-order valence-electron chi connectivity index (χ2n) is 5.18. The summed E-state index contributed by atoms with van der Waals surface area (Å²) >= 11 is 1.81. The van der Waals surface area contributed by atoms with Gasteiger partial charge in [-0.2, -0.15) is 0 Å². The molecule has 4 nitrogen and oxygen atoms in total. The van der Waals surface area contributed by atoms with Gasteiger partial charge in [-0.3, -0.25) is 0 Å². The first-order valence-electron chi connectivity index (χ1n) is 5.43. The molecule has 1 rings (SSSR count). The molecule has 6 heteroatoms. The Balaban J connectivity index is 2.99. The SMILES string of the molecule is CSCC1[Se]C(C(C)(C)C)N(C=O)C1C(=O)O. The molecule has 3 atom stereocenters. The molecule has 3 unspecified atom stereocenters. The van der Waals surface area contributed by atoms with E-state index in [-0.39, 0.29) is 30.1 Å². The van der Waals surface area contributed by atoms with Gasteiger partial charge in [0.1, 0.15) is 0 Å². The van der Waals surface area contributed by atoms with Crippen LogP contribution in [0.25, 0.3) is 0 Å². The molecule has 1 amide bonds. The van der Waals surface area contributed by atoms with Crippen LogP contribution in [0, 0.1) is 5.41 Å². The Bertz CT molecular complexity index is 306. The van der Waals surface area contributed by atoms with Gasteiger partial charge in [-0.15, -0.1) is 0 Å².